The number of fused-ring (bicyclic) bond motifs is 1. The molecule has 0 bridgehead atoms. The van der Waals surface area contributed by atoms with Crippen molar-refractivity contribution in [2.24, 2.45) is 5.92 Å². The van der Waals surface area contributed by atoms with Gasteiger partial charge in [-0.05, 0) is 29.7 Å². The summed E-state index contributed by atoms with van der Waals surface area (Å²) in [6.45, 7) is 1.82. The van der Waals surface area contributed by atoms with Gasteiger partial charge in [0.2, 0.25) is 5.91 Å². The van der Waals surface area contributed by atoms with Crippen LogP contribution in [0.2, 0.25) is 0 Å². The lowest BCUT2D eigenvalue weighted by Gasteiger charge is -2.27. The van der Waals surface area contributed by atoms with Crippen molar-refractivity contribution in [3.63, 3.8) is 0 Å². The summed E-state index contributed by atoms with van der Waals surface area (Å²) < 4.78 is 49.5. The maximum atomic E-state index is 13.1. The molecule has 1 N–H and O–H groups in total. The van der Waals surface area contributed by atoms with Crippen LogP contribution in [0, 0.1) is 5.92 Å². The second-order valence-corrected chi connectivity index (χ2v) is 12.0. The van der Waals surface area contributed by atoms with Gasteiger partial charge in [-0.15, -0.1) is 11.3 Å². The number of halogens is 2. The number of hydrogen-bond acceptors (Lipinski definition) is 8. The number of anilines is 1. The van der Waals surface area contributed by atoms with Gasteiger partial charge in [-0.3, -0.25) is 14.5 Å². The molecule has 0 aliphatic carbocycles. The highest BCUT2D eigenvalue weighted by Crippen LogP contribution is 2.42. The highest BCUT2D eigenvalue weighted by atomic mass is 32.2. The number of alkyl halides is 2. The molecule has 1 aliphatic rings. The zero-order valence-corrected chi connectivity index (χ0v) is 21.4. The number of benzene rings is 1. The topological polar surface area (TPSA) is 114 Å². The summed E-state index contributed by atoms with van der Waals surface area (Å²) >= 11 is 1.35. The number of thiazole rings is 1. The van der Waals surface area contributed by atoms with Gasteiger partial charge in [0, 0.05) is 30.3 Å². The molecule has 4 rings (SSSR count). The van der Waals surface area contributed by atoms with Crippen molar-refractivity contribution < 1.29 is 22.0 Å². The molecule has 192 valence electrons. The lowest BCUT2D eigenvalue weighted by Crippen LogP contribution is -2.29. The van der Waals surface area contributed by atoms with Gasteiger partial charge in [-0.1, -0.05) is 26.0 Å². The predicted octanol–water partition coefficient (Wildman–Crippen LogP) is 3.39. The molecule has 0 radical (unpaired) electrons. The highest BCUT2D eigenvalue weighted by molar-refractivity contribution is 7.90. The number of nitrogens with zero attached hydrogens (tertiary/aromatic N) is 4. The van der Waals surface area contributed by atoms with E-state index in [1.165, 1.54) is 29.5 Å². The normalized spacial score (nSPS) is 16.0. The standard InChI is InChI=1S/C23H25F2N5O4S2/c1-13(2)21-20-17(12-29(21)11-15-6-9-19(32)30(28-15)22(24)25)35-23(27-20)26-18(31)10-14-4-7-16(8-5-14)36(3,33)34/h4-9,13,21-22H,10-12H2,1-3H3,(H,26,27,31)/t21-/m0/s1. The Morgan fingerprint density at radius 2 is 1.89 bits per heavy atom. The van der Waals surface area contributed by atoms with E-state index in [1.54, 1.807) is 12.1 Å². The lowest BCUT2D eigenvalue weighted by atomic mass is 10.0. The number of rotatable bonds is 8. The fourth-order valence-corrected chi connectivity index (χ4v) is 5.88. The number of carbonyl (C=O) groups is 1. The van der Waals surface area contributed by atoms with Crippen molar-refractivity contribution >= 4 is 32.2 Å². The molecule has 0 saturated carbocycles. The van der Waals surface area contributed by atoms with Crippen LogP contribution < -0.4 is 10.9 Å². The third kappa shape index (κ3) is 5.68. The molecule has 0 unspecified atom stereocenters. The van der Waals surface area contributed by atoms with Crippen LogP contribution >= 0.6 is 11.3 Å². The summed E-state index contributed by atoms with van der Waals surface area (Å²) in [4.78, 5) is 32.0. The van der Waals surface area contributed by atoms with Crippen LogP contribution in [0.15, 0.2) is 46.1 Å². The van der Waals surface area contributed by atoms with Crippen LogP contribution in [0.1, 0.15) is 48.3 Å². The SMILES string of the molecule is CC(C)[C@H]1c2nc(NC(=O)Cc3ccc(S(C)(=O)=O)cc3)sc2CN1Cc1ccc(=O)n(C(F)F)n1. The van der Waals surface area contributed by atoms with E-state index in [-0.39, 0.29) is 40.4 Å². The van der Waals surface area contributed by atoms with Gasteiger partial charge >= 0.3 is 6.55 Å². The van der Waals surface area contributed by atoms with Gasteiger partial charge in [0.15, 0.2) is 15.0 Å². The van der Waals surface area contributed by atoms with Gasteiger partial charge in [0.05, 0.1) is 28.7 Å². The Morgan fingerprint density at radius 1 is 1.19 bits per heavy atom. The Hall–Kier alpha value is -3.03. The average Bonchev–Trinajstić information content (AvgIpc) is 3.30. The van der Waals surface area contributed by atoms with Crippen molar-refractivity contribution in [1.29, 1.82) is 0 Å². The summed E-state index contributed by atoms with van der Waals surface area (Å²) in [5.41, 5.74) is 0.993. The monoisotopic (exact) mass is 537 g/mol. The molecule has 1 aliphatic heterocycles. The Balaban J connectivity index is 1.45. The molecule has 0 fully saturated rings. The summed E-state index contributed by atoms with van der Waals surface area (Å²) in [6.07, 6.45) is 1.19. The number of aromatic nitrogens is 3. The van der Waals surface area contributed by atoms with E-state index in [4.69, 9.17) is 0 Å². The van der Waals surface area contributed by atoms with Crippen LogP contribution in [-0.4, -0.2) is 40.2 Å². The minimum Gasteiger partial charge on any atom is -0.302 e. The van der Waals surface area contributed by atoms with Crippen LogP contribution in [0.3, 0.4) is 0 Å². The van der Waals surface area contributed by atoms with E-state index in [9.17, 15) is 26.8 Å². The first-order valence-electron chi connectivity index (χ1n) is 11.1. The smallest absolute Gasteiger partial charge is 0.302 e. The second kappa shape index (κ2) is 10.1. The highest BCUT2D eigenvalue weighted by Gasteiger charge is 2.36. The Labute approximate surface area is 210 Å². The molecule has 9 nitrogen and oxygen atoms in total. The van der Waals surface area contributed by atoms with Gasteiger partial charge in [0.25, 0.3) is 5.56 Å². The summed E-state index contributed by atoms with van der Waals surface area (Å²) in [5, 5.41) is 7.07. The van der Waals surface area contributed by atoms with E-state index in [1.807, 2.05) is 13.8 Å². The van der Waals surface area contributed by atoms with E-state index in [0.717, 1.165) is 22.9 Å². The molecule has 0 saturated heterocycles. The molecule has 1 atom stereocenters. The fourth-order valence-electron chi connectivity index (χ4n) is 4.21. The third-order valence-electron chi connectivity index (χ3n) is 5.77. The fraction of sp³-hybridized carbons (Fsp3) is 0.391. The predicted molar refractivity (Wildman–Crippen MR) is 131 cm³/mol. The van der Waals surface area contributed by atoms with Crippen molar-refractivity contribution in [2.75, 3.05) is 11.6 Å². The van der Waals surface area contributed by atoms with Crippen molar-refractivity contribution in [1.82, 2.24) is 19.7 Å². The largest absolute Gasteiger partial charge is 0.336 e. The van der Waals surface area contributed by atoms with Gasteiger partial charge in [-0.2, -0.15) is 18.6 Å². The number of hydrogen-bond donors (Lipinski definition) is 1. The van der Waals surface area contributed by atoms with Gasteiger partial charge in [-0.25, -0.2) is 13.4 Å². The molecule has 3 heterocycles. The first-order chi connectivity index (χ1) is 16.9. The Morgan fingerprint density at radius 3 is 2.50 bits per heavy atom. The van der Waals surface area contributed by atoms with Crippen LogP contribution in [-0.2, 0) is 34.1 Å². The molecule has 1 aromatic carbocycles. The Kier molecular flexibility index (Phi) is 7.34. The van der Waals surface area contributed by atoms with E-state index in [2.05, 4.69) is 20.3 Å². The van der Waals surface area contributed by atoms with Crippen molar-refractivity contribution in [2.45, 2.75) is 50.8 Å². The second-order valence-electron chi connectivity index (χ2n) is 8.95. The van der Waals surface area contributed by atoms with Gasteiger partial charge in [0.1, 0.15) is 0 Å². The molecular weight excluding hydrogens is 512 g/mol. The maximum absolute atomic E-state index is 13.1. The zero-order valence-electron chi connectivity index (χ0n) is 19.8. The number of sulfone groups is 1. The van der Waals surface area contributed by atoms with Crippen LogP contribution in [0.5, 0.6) is 0 Å². The molecule has 1 amide bonds. The maximum Gasteiger partial charge on any atom is 0.336 e. The lowest BCUT2D eigenvalue weighted by molar-refractivity contribution is -0.115. The van der Waals surface area contributed by atoms with Gasteiger partial charge < -0.3 is 5.32 Å². The molecule has 2 aromatic heterocycles. The first kappa shape index (κ1) is 26.0. The van der Waals surface area contributed by atoms with Crippen molar-refractivity contribution in [3.8, 4) is 0 Å². The zero-order chi connectivity index (χ0) is 26.2. The molecule has 3 aromatic rings. The number of carbonyl (C=O) groups excluding carboxylic acids is 1. The molecule has 36 heavy (non-hydrogen) atoms. The first-order valence-corrected chi connectivity index (χ1v) is 13.8. The minimum atomic E-state index is -3.31. The van der Waals surface area contributed by atoms with E-state index >= 15 is 0 Å². The molecular formula is C23H25F2N5O4S2. The average molecular weight is 538 g/mol. The quantitative estimate of drug-likeness (QED) is 0.469. The summed E-state index contributed by atoms with van der Waals surface area (Å²) in [5.74, 6) is -0.128. The van der Waals surface area contributed by atoms with E-state index in [0.29, 0.717) is 22.9 Å². The van der Waals surface area contributed by atoms with Crippen LogP contribution in [0.25, 0.3) is 0 Å². The summed E-state index contributed by atoms with van der Waals surface area (Å²) in [6, 6.07) is 8.59. The minimum absolute atomic E-state index is 0.0690. The van der Waals surface area contributed by atoms with Crippen LogP contribution in [0.4, 0.5) is 13.9 Å². The number of nitrogens with one attached hydrogen (secondary N) is 1. The number of amides is 1. The van der Waals surface area contributed by atoms with E-state index < -0.39 is 21.9 Å². The third-order valence-corrected chi connectivity index (χ3v) is 7.87. The van der Waals surface area contributed by atoms with Crippen molar-refractivity contribution in [3.05, 3.63) is 68.6 Å². The molecule has 13 heteroatoms. The summed E-state index contributed by atoms with van der Waals surface area (Å²) in [7, 11) is -3.31. The Bertz CT molecular complexity index is 1440. The molecule has 0 spiro atoms.